The van der Waals surface area contributed by atoms with Gasteiger partial charge in [0.15, 0.2) is 0 Å². The van der Waals surface area contributed by atoms with Gasteiger partial charge in [0.25, 0.3) is 0 Å². The van der Waals surface area contributed by atoms with Crippen LogP contribution in [0.1, 0.15) is 20.3 Å². The van der Waals surface area contributed by atoms with Gasteiger partial charge in [0.05, 0.1) is 6.10 Å². The predicted molar refractivity (Wildman–Crippen MR) is 54.5 cm³/mol. The Morgan fingerprint density at radius 2 is 2.29 bits per heavy atom. The second kappa shape index (κ2) is 8.37. The Morgan fingerprint density at radius 3 is 2.79 bits per heavy atom. The second-order valence-electron chi connectivity index (χ2n) is 2.68. The first-order valence-corrected chi connectivity index (χ1v) is 11.3. The topological polar surface area (TPSA) is 9.23 Å². The van der Waals surface area contributed by atoms with E-state index in [9.17, 15) is 4.39 Å². The Kier molecular flexibility index (Phi) is 8.40. The van der Waals surface area contributed by atoms with Crippen LogP contribution in [0.5, 0.6) is 5.75 Å². The Hall–Kier alpha value is 0.0534. The average Bonchev–Trinajstić information content (AvgIpc) is 2.24. The summed E-state index contributed by atoms with van der Waals surface area (Å²) < 4.78 is 18.2. The van der Waals surface area contributed by atoms with Gasteiger partial charge in [-0.05, 0) is 13.3 Å². The van der Waals surface area contributed by atoms with Gasteiger partial charge < -0.3 is 4.74 Å². The summed E-state index contributed by atoms with van der Waals surface area (Å²) in [7, 11) is 0. The first-order chi connectivity index (χ1) is 6.74. The third-order valence-electron chi connectivity index (χ3n) is 1.66. The van der Waals surface area contributed by atoms with Crippen molar-refractivity contribution in [2.75, 3.05) is 0 Å². The minimum absolute atomic E-state index is 0.0400. The van der Waals surface area contributed by atoms with E-state index in [4.69, 9.17) is 4.74 Å². The molecule has 4 heteroatoms. The molecule has 0 amide bonds. The first-order valence-electron chi connectivity index (χ1n) is 4.33. The van der Waals surface area contributed by atoms with Crippen LogP contribution in [0.2, 0.25) is 0 Å². The van der Waals surface area contributed by atoms with Crippen LogP contribution in [-0.2, 0) is 16.3 Å². The van der Waals surface area contributed by atoms with Crippen molar-refractivity contribution < 1.29 is 25.5 Å². The number of hydrogen-bond acceptors (Lipinski definition) is 1. The van der Waals surface area contributed by atoms with Crippen LogP contribution in [0.3, 0.4) is 0 Å². The van der Waals surface area contributed by atoms with Gasteiger partial charge in [-0.15, -0.1) is 12.1 Å². The van der Waals surface area contributed by atoms with Crippen LogP contribution < -0.4 is 4.74 Å². The molecule has 0 saturated heterocycles. The third kappa shape index (κ3) is 5.06. The molecule has 1 atom stereocenters. The quantitative estimate of drug-likeness (QED) is 0.611. The SMILES string of the molecule is CCC(C)Oc1[c-]cccc1F.[Zn+][Br]. The van der Waals surface area contributed by atoms with Crippen molar-refractivity contribution in [2.24, 2.45) is 0 Å². The summed E-state index contributed by atoms with van der Waals surface area (Å²) in [6, 6.07) is 7.31. The van der Waals surface area contributed by atoms with Crippen LogP contribution >= 0.6 is 13.6 Å². The summed E-state index contributed by atoms with van der Waals surface area (Å²) in [4.78, 5) is 0. The molecule has 0 aliphatic heterocycles. The molecule has 1 nitrogen and oxygen atoms in total. The molecule has 0 spiro atoms. The van der Waals surface area contributed by atoms with Crippen LogP contribution in [0, 0.1) is 11.9 Å². The van der Waals surface area contributed by atoms with Crippen LogP contribution in [-0.4, -0.2) is 6.10 Å². The van der Waals surface area contributed by atoms with E-state index in [1.54, 1.807) is 12.1 Å². The molecule has 1 aromatic rings. The van der Waals surface area contributed by atoms with Crippen molar-refractivity contribution in [3.8, 4) is 5.75 Å². The van der Waals surface area contributed by atoms with Gasteiger partial charge in [-0.3, -0.25) is 4.39 Å². The molecule has 0 bridgehead atoms. The molecular formula is C10H12BrFOZn. The van der Waals surface area contributed by atoms with E-state index < -0.39 is 0 Å². The van der Waals surface area contributed by atoms with Crippen molar-refractivity contribution in [2.45, 2.75) is 26.4 Å². The summed E-state index contributed by atoms with van der Waals surface area (Å²) in [5.41, 5.74) is 0. The number of para-hydroxylation sites is 1. The molecular weight excluding hydrogens is 300 g/mol. The Bertz CT molecular complexity index is 258. The van der Waals surface area contributed by atoms with Crippen molar-refractivity contribution in [1.82, 2.24) is 0 Å². The monoisotopic (exact) mass is 310 g/mol. The molecule has 0 heterocycles. The fraction of sp³-hybridized carbons (Fsp3) is 0.400. The van der Waals surface area contributed by atoms with Gasteiger partial charge in [-0.25, -0.2) is 0 Å². The summed E-state index contributed by atoms with van der Waals surface area (Å²) >= 11 is 4.25. The molecule has 14 heavy (non-hydrogen) atoms. The number of halogens is 2. The normalized spacial score (nSPS) is 11.3. The zero-order chi connectivity index (χ0) is 11.0. The van der Waals surface area contributed by atoms with E-state index in [0.717, 1.165) is 6.42 Å². The van der Waals surface area contributed by atoms with E-state index in [0.29, 0.717) is 0 Å². The van der Waals surface area contributed by atoms with Crippen LogP contribution in [0.15, 0.2) is 18.2 Å². The van der Waals surface area contributed by atoms with Crippen molar-refractivity contribution in [3.05, 3.63) is 30.1 Å². The summed E-state index contributed by atoms with van der Waals surface area (Å²) in [6.07, 6.45) is 0.903. The van der Waals surface area contributed by atoms with Gasteiger partial charge >= 0.3 is 30.0 Å². The molecule has 0 aliphatic carbocycles. The molecule has 0 N–H and O–H groups in total. The summed E-state index contributed by atoms with van der Waals surface area (Å²) in [5.74, 6) is -0.135. The Balaban J connectivity index is 0.000000791. The molecule has 0 aromatic heterocycles. The number of rotatable bonds is 3. The standard InChI is InChI=1S/C10H12FO.BrH.Zn/c1-3-8(2)12-10-7-5-4-6-9(10)11;;/h4-6,8H,3H2,1-2H3;1H;/q-1;;+2/p-1. The van der Waals surface area contributed by atoms with Gasteiger partial charge in [0, 0.05) is 11.6 Å². The number of ether oxygens (including phenoxy) is 1. The maximum absolute atomic E-state index is 12.9. The molecule has 74 valence electrons. The van der Waals surface area contributed by atoms with Gasteiger partial charge in [-0.2, -0.15) is 12.1 Å². The van der Waals surface area contributed by atoms with Crippen molar-refractivity contribution in [1.29, 1.82) is 0 Å². The number of hydrogen-bond donors (Lipinski definition) is 0. The maximum atomic E-state index is 12.9. The molecule has 0 saturated carbocycles. The second-order valence-corrected chi connectivity index (χ2v) is 2.68. The number of benzene rings is 1. The van der Waals surface area contributed by atoms with E-state index in [-0.39, 0.29) is 17.7 Å². The van der Waals surface area contributed by atoms with Crippen molar-refractivity contribution >= 4 is 13.6 Å². The zero-order valence-corrected chi connectivity index (χ0v) is 12.9. The Labute approximate surface area is 101 Å². The Morgan fingerprint density at radius 1 is 1.64 bits per heavy atom. The van der Waals surface area contributed by atoms with E-state index >= 15 is 0 Å². The van der Waals surface area contributed by atoms with E-state index in [1.807, 2.05) is 13.8 Å². The molecule has 0 radical (unpaired) electrons. The average molecular weight is 312 g/mol. The summed E-state index contributed by atoms with van der Waals surface area (Å²) in [5, 5.41) is 0. The first kappa shape index (κ1) is 14.1. The fourth-order valence-electron chi connectivity index (χ4n) is 0.776. The van der Waals surface area contributed by atoms with E-state index in [2.05, 4.69) is 19.7 Å². The van der Waals surface area contributed by atoms with Crippen molar-refractivity contribution in [3.63, 3.8) is 0 Å². The minimum atomic E-state index is -0.349. The molecule has 1 unspecified atom stereocenters. The molecule has 1 rings (SSSR count). The van der Waals surface area contributed by atoms with Crippen LogP contribution in [0.4, 0.5) is 4.39 Å². The van der Waals surface area contributed by atoms with Gasteiger partial charge in [0.1, 0.15) is 0 Å². The fourth-order valence-corrected chi connectivity index (χ4v) is 0.776. The van der Waals surface area contributed by atoms with Crippen LogP contribution in [0.25, 0.3) is 0 Å². The molecule has 1 aromatic carbocycles. The molecule has 0 fully saturated rings. The van der Waals surface area contributed by atoms with Gasteiger partial charge in [-0.1, -0.05) is 6.92 Å². The van der Waals surface area contributed by atoms with Gasteiger partial charge in [0.2, 0.25) is 0 Å². The molecule has 0 aliphatic rings. The zero-order valence-electron chi connectivity index (χ0n) is 8.39. The van der Waals surface area contributed by atoms with E-state index in [1.165, 1.54) is 22.4 Å². The summed E-state index contributed by atoms with van der Waals surface area (Å²) in [6.45, 7) is 3.89. The predicted octanol–water partition coefficient (Wildman–Crippen LogP) is 3.65. The third-order valence-corrected chi connectivity index (χ3v) is 1.66.